The summed E-state index contributed by atoms with van der Waals surface area (Å²) in [5.41, 5.74) is 9.10. The highest BCUT2D eigenvalue weighted by Crippen LogP contribution is 2.25. The highest BCUT2D eigenvalue weighted by atomic mass is 16.5. The fraction of sp³-hybridized carbons (Fsp3) is 0.300. The summed E-state index contributed by atoms with van der Waals surface area (Å²) in [7, 11) is 0. The number of anilines is 2. The summed E-state index contributed by atoms with van der Waals surface area (Å²) in [6, 6.07) is 15.1. The van der Waals surface area contributed by atoms with Crippen LogP contribution in [0.15, 0.2) is 52.9 Å². The van der Waals surface area contributed by atoms with E-state index in [0.29, 0.717) is 36.9 Å². The van der Waals surface area contributed by atoms with E-state index < -0.39 is 6.04 Å². The van der Waals surface area contributed by atoms with Crippen molar-refractivity contribution in [1.82, 2.24) is 4.98 Å². The average Bonchev–Trinajstić information content (AvgIpc) is 3.13. The zero-order valence-electron chi connectivity index (χ0n) is 14.9. The van der Waals surface area contributed by atoms with E-state index >= 15 is 0 Å². The summed E-state index contributed by atoms with van der Waals surface area (Å²) in [5, 5.41) is 2.86. The molecule has 1 aliphatic rings. The number of benzene rings is 2. The third-order valence-electron chi connectivity index (χ3n) is 4.56. The van der Waals surface area contributed by atoms with E-state index in [9.17, 15) is 4.79 Å². The number of aromatic nitrogens is 1. The Bertz CT molecular complexity index is 919. The van der Waals surface area contributed by atoms with Crippen LogP contribution in [0.1, 0.15) is 5.56 Å². The van der Waals surface area contributed by atoms with Gasteiger partial charge in [-0.1, -0.05) is 30.3 Å². The largest absolute Gasteiger partial charge is 0.423 e. The maximum absolute atomic E-state index is 12.4. The van der Waals surface area contributed by atoms with Crippen LogP contribution in [0, 0.1) is 0 Å². The highest BCUT2D eigenvalue weighted by Gasteiger charge is 2.18. The molecule has 27 heavy (non-hydrogen) atoms. The van der Waals surface area contributed by atoms with Gasteiger partial charge in [-0.15, -0.1) is 0 Å². The summed E-state index contributed by atoms with van der Waals surface area (Å²) in [6.45, 7) is 2.84. The predicted octanol–water partition coefficient (Wildman–Crippen LogP) is 2.17. The fourth-order valence-electron chi connectivity index (χ4n) is 3.08. The summed E-state index contributed by atoms with van der Waals surface area (Å²) < 4.78 is 11.2. The van der Waals surface area contributed by atoms with E-state index in [1.165, 1.54) is 0 Å². The van der Waals surface area contributed by atoms with Crippen LogP contribution in [0.25, 0.3) is 11.1 Å². The Morgan fingerprint density at radius 1 is 1.19 bits per heavy atom. The Morgan fingerprint density at radius 2 is 1.96 bits per heavy atom. The van der Waals surface area contributed by atoms with Crippen molar-refractivity contribution in [2.75, 3.05) is 36.5 Å². The lowest BCUT2D eigenvalue weighted by atomic mass is 10.1. The second-order valence-corrected chi connectivity index (χ2v) is 6.56. The number of hydrogen-bond donors (Lipinski definition) is 2. The number of nitrogens with two attached hydrogens (primary N) is 1. The van der Waals surface area contributed by atoms with Crippen LogP contribution in [0.4, 0.5) is 11.7 Å². The minimum Gasteiger partial charge on any atom is -0.423 e. The number of nitrogens with one attached hydrogen (secondary N) is 1. The van der Waals surface area contributed by atoms with Gasteiger partial charge in [0.15, 0.2) is 5.58 Å². The van der Waals surface area contributed by atoms with Gasteiger partial charge in [-0.25, -0.2) is 0 Å². The Morgan fingerprint density at radius 3 is 2.74 bits per heavy atom. The number of carbonyl (C=O) groups excluding carboxylic acids is 1. The lowest BCUT2D eigenvalue weighted by Crippen LogP contribution is -2.37. The van der Waals surface area contributed by atoms with Gasteiger partial charge in [0.2, 0.25) is 5.91 Å². The maximum Gasteiger partial charge on any atom is 0.298 e. The molecule has 0 unspecified atom stereocenters. The van der Waals surface area contributed by atoms with Gasteiger partial charge in [0.1, 0.15) is 5.52 Å². The van der Waals surface area contributed by atoms with Crippen LogP contribution in [-0.2, 0) is 16.0 Å². The molecule has 4 rings (SSSR count). The molecule has 3 aromatic rings. The summed E-state index contributed by atoms with van der Waals surface area (Å²) in [5.74, 6) is -0.230. The van der Waals surface area contributed by atoms with Gasteiger partial charge < -0.3 is 25.1 Å². The molecule has 2 aromatic carbocycles. The van der Waals surface area contributed by atoms with E-state index in [1.54, 1.807) is 12.1 Å². The Labute approximate surface area is 157 Å². The van der Waals surface area contributed by atoms with Crippen molar-refractivity contribution < 1.29 is 13.9 Å². The summed E-state index contributed by atoms with van der Waals surface area (Å²) in [6.07, 6.45) is 0.485. The second kappa shape index (κ2) is 7.77. The number of nitrogens with zero attached hydrogens (tertiary/aromatic N) is 2. The molecular weight excluding hydrogens is 344 g/mol. The third-order valence-corrected chi connectivity index (χ3v) is 4.56. The number of hydrogen-bond acceptors (Lipinski definition) is 6. The first-order chi connectivity index (χ1) is 13.2. The molecule has 7 heteroatoms. The lowest BCUT2D eigenvalue weighted by Gasteiger charge is -2.24. The van der Waals surface area contributed by atoms with Crippen molar-refractivity contribution in [3.8, 4) is 0 Å². The van der Waals surface area contributed by atoms with Gasteiger partial charge in [-0.3, -0.25) is 4.79 Å². The third kappa shape index (κ3) is 4.10. The van der Waals surface area contributed by atoms with Gasteiger partial charge in [-0.2, -0.15) is 4.98 Å². The quantitative estimate of drug-likeness (QED) is 0.719. The lowest BCUT2D eigenvalue weighted by molar-refractivity contribution is -0.117. The van der Waals surface area contributed by atoms with Gasteiger partial charge in [0, 0.05) is 24.8 Å². The number of rotatable bonds is 5. The van der Waals surface area contributed by atoms with Gasteiger partial charge in [-0.05, 0) is 24.1 Å². The van der Waals surface area contributed by atoms with Gasteiger partial charge >= 0.3 is 0 Å². The molecule has 0 saturated carbocycles. The molecule has 1 amide bonds. The topological polar surface area (TPSA) is 93.6 Å². The summed E-state index contributed by atoms with van der Waals surface area (Å²) >= 11 is 0. The maximum atomic E-state index is 12.4. The van der Waals surface area contributed by atoms with Crippen molar-refractivity contribution in [2.45, 2.75) is 12.5 Å². The molecular formula is C20H22N4O3. The van der Waals surface area contributed by atoms with E-state index in [0.717, 1.165) is 24.2 Å². The van der Waals surface area contributed by atoms with Crippen molar-refractivity contribution in [3.05, 3.63) is 54.1 Å². The van der Waals surface area contributed by atoms with Crippen LogP contribution < -0.4 is 16.0 Å². The van der Waals surface area contributed by atoms with E-state index in [2.05, 4.69) is 15.2 Å². The molecule has 2 heterocycles. The number of carbonyl (C=O) groups is 1. The molecule has 0 aliphatic carbocycles. The molecule has 1 saturated heterocycles. The fourth-order valence-corrected chi connectivity index (χ4v) is 3.08. The van der Waals surface area contributed by atoms with E-state index in [-0.39, 0.29) is 5.91 Å². The minimum absolute atomic E-state index is 0.230. The smallest absolute Gasteiger partial charge is 0.298 e. The molecule has 1 aromatic heterocycles. The average molecular weight is 366 g/mol. The number of ether oxygens (including phenoxy) is 1. The second-order valence-electron chi connectivity index (χ2n) is 6.56. The van der Waals surface area contributed by atoms with Crippen LogP contribution >= 0.6 is 0 Å². The molecule has 1 atom stereocenters. The number of morpholine rings is 1. The van der Waals surface area contributed by atoms with Crippen LogP contribution in [0.5, 0.6) is 0 Å². The Kier molecular flexibility index (Phi) is 5.04. The SMILES string of the molecule is N[C@@H](Cc1ccccc1)C(=O)Nc1ccc2nc(N3CCOCC3)oc2c1. The zero-order chi connectivity index (χ0) is 18.6. The molecule has 140 valence electrons. The standard InChI is InChI=1S/C20H22N4O3/c21-16(12-14-4-2-1-3-5-14)19(25)22-15-6-7-17-18(13-15)27-20(23-17)24-8-10-26-11-9-24/h1-7,13,16H,8-12,21H2,(H,22,25)/t16-/m0/s1. The molecule has 7 nitrogen and oxygen atoms in total. The van der Waals surface area contributed by atoms with Gasteiger partial charge in [0.25, 0.3) is 6.01 Å². The predicted molar refractivity (Wildman–Crippen MR) is 104 cm³/mol. The van der Waals surface area contributed by atoms with Crippen LogP contribution in [-0.4, -0.2) is 43.2 Å². The van der Waals surface area contributed by atoms with Crippen LogP contribution in [0.3, 0.4) is 0 Å². The highest BCUT2D eigenvalue weighted by molar-refractivity contribution is 5.96. The monoisotopic (exact) mass is 366 g/mol. The first-order valence-electron chi connectivity index (χ1n) is 9.03. The molecule has 0 spiro atoms. The zero-order valence-corrected chi connectivity index (χ0v) is 14.9. The minimum atomic E-state index is -0.623. The van der Waals surface area contributed by atoms with Crippen LogP contribution in [0.2, 0.25) is 0 Å². The number of fused-ring (bicyclic) bond motifs is 1. The number of amides is 1. The normalized spacial score (nSPS) is 15.7. The van der Waals surface area contributed by atoms with Crippen molar-refractivity contribution in [1.29, 1.82) is 0 Å². The first kappa shape index (κ1) is 17.5. The van der Waals surface area contributed by atoms with Crippen molar-refractivity contribution in [3.63, 3.8) is 0 Å². The number of oxazole rings is 1. The molecule has 0 bridgehead atoms. The van der Waals surface area contributed by atoms with Crippen molar-refractivity contribution >= 4 is 28.7 Å². The molecule has 1 fully saturated rings. The first-order valence-corrected chi connectivity index (χ1v) is 9.03. The van der Waals surface area contributed by atoms with Crippen molar-refractivity contribution in [2.24, 2.45) is 5.73 Å². The van der Waals surface area contributed by atoms with E-state index in [1.807, 2.05) is 36.4 Å². The summed E-state index contributed by atoms with van der Waals surface area (Å²) in [4.78, 5) is 19.0. The molecule has 0 radical (unpaired) electrons. The Hall–Kier alpha value is -2.90. The van der Waals surface area contributed by atoms with Gasteiger partial charge in [0.05, 0.1) is 19.3 Å². The Balaban J connectivity index is 1.44. The molecule has 1 aliphatic heterocycles. The molecule has 3 N–H and O–H groups in total. The van der Waals surface area contributed by atoms with E-state index in [4.69, 9.17) is 14.9 Å².